The molecule has 1 aromatic carbocycles. The Balaban J connectivity index is 1.53. The van der Waals surface area contributed by atoms with E-state index in [0.29, 0.717) is 30.8 Å². The third kappa shape index (κ3) is 4.48. The fraction of sp³-hybridized carbons (Fsp3) is 0.714. The molecule has 4 rings (SSSR count). The molecule has 0 aliphatic carbocycles. The number of nitro benzene ring substituents is 1. The number of hydrogen-bond donors (Lipinski definition) is 0. The third-order valence-corrected chi connectivity index (χ3v) is 8.61. The van der Waals surface area contributed by atoms with E-state index in [9.17, 15) is 18.5 Å². The van der Waals surface area contributed by atoms with Crippen LogP contribution in [0.5, 0.6) is 0 Å². The van der Waals surface area contributed by atoms with Crippen LogP contribution >= 0.6 is 0 Å². The summed E-state index contributed by atoms with van der Waals surface area (Å²) in [6, 6.07) is 4.41. The van der Waals surface area contributed by atoms with Gasteiger partial charge in [0.1, 0.15) is 5.69 Å². The average molecular weight is 438 g/mol. The lowest BCUT2D eigenvalue weighted by molar-refractivity contribution is -0.384. The number of nitrogens with zero attached hydrogens (tertiary/aromatic N) is 3. The summed E-state index contributed by atoms with van der Waals surface area (Å²) in [5, 5.41) is 11.8. The molecular weight excluding hydrogens is 406 g/mol. The van der Waals surface area contributed by atoms with Crippen molar-refractivity contribution >= 4 is 21.4 Å². The molecule has 1 aromatic rings. The Labute approximate surface area is 178 Å². The molecule has 1 atom stereocenters. The highest BCUT2D eigenvalue weighted by Gasteiger charge is 2.33. The maximum absolute atomic E-state index is 13.1. The molecule has 0 aromatic heterocycles. The largest absolute Gasteiger partial charge is 0.378 e. The second kappa shape index (κ2) is 9.20. The third-order valence-electron chi connectivity index (χ3n) is 6.72. The van der Waals surface area contributed by atoms with E-state index in [-0.39, 0.29) is 10.6 Å². The molecule has 3 aliphatic heterocycles. The van der Waals surface area contributed by atoms with Gasteiger partial charge in [0.2, 0.25) is 10.0 Å². The van der Waals surface area contributed by atoms with E-state index in [4.69, 9.17) is 4.74 Å². The van der Waals surface area contributed by atoms with Crippen molar-refractivity contribution in [1.29, 1.82) is 0 Å². The molecule has 1 unspecified atom stereocenters. The fourth-order valence-electron chi connectivity index (χ4n) is 4.99. The van der Waals surface area contributed by atoms with Crippen LogP contribution in [0, 0.1) is 16.0 Å². The second-order valence-corrected chi connectivity index (χ2v) is 10.5. The lowest BCUT2D eigenvalue weighted by Gasteiger charge is -2.35. The minimum Gasteiger partial charge on any atom is -0.378 e. The predicted molar refractivity (Wildman–Crippen MR) is 114 cm³/mol. The maximum Gasteiger partial charge on any atom is 0.293 e. The van der Waals surface area contributed by atoms with Crippen LogP contribution in [0.1, 0.15) is 51.4 Å². The number of sulfonamides is 1. The average Bonchev–Trinajstić information content (AvgIpc) is 3.15. The molecule has 0 radical (unpaired) electrons. The van der Waals surface area contributed by atoms with E-state index >= 15 is 0 Å². The first-order chi connectivity index (χ1) is 14.5. The summed E-state index contributed by atoms with van der Waals surface area (Å²) >= 11 is 0. The van der Waals surface area contributed by atoms with E-state index in [0.717, 1.165) is 71.1 Å². The number of ether oxygens (including phenoxy) is 1. The van der Waals surface area contributed by atoms with Crippen LogP contribution in [-0.4, -0.2) is 56.5 Å². The first kappa shape index (κ1) is 21.5. The standard InChI is InChI=1S/C21H31N3O5S/c25-24(26)20-16-18(30(27,28)23-11-3-1-2-4-12-23)7-8-19(20)22-13-9-17(10-14-22)21-6-5-15-29-21/h7-8,16-17,21H,1-6,9-15H2. The van der Waals surface area contributed by atoms with Crippen LogP contribution in [0.25, 0.3) is 0 Å². The fourth-order valence-corrected chi connectivity index (χ4v) is 6.53. The van der Waals surface area contributed by atoms with Gasteiger partial charge in [-0.05, 0) is 56.6 Å². The molecule has 0 saturated carbocycles. The maximum atomic E-state index is 13.1. The summed E-state index contributed by atoms with van der Waals surface area (Å²) in [4.78, 5) is 13.4. The van der Waals surface area contributed by atoms with Crippen molar-refractivity contribution < 1.29 is 18.1 Å². The summed E-state index contributed by atoms with van der Waals surface area (Å²) in [7, 11) is -3.71. The van der Waals surface area contributed by atoms with Gasteiger partial charge < -0.3 is 9.64 Å². The van der Waals surface area contributed by atoms with Crippen molar-refractivity contribution in [2.24, 2.45) is 5.92 Å². The normalized spacial score (nSPS) is 24.7. The molecule has 0 N–H and O–H groups in total. The topological polar surface area (TPSA) is 93.0 Å². The lowest BCUT2D eigenvalue weighted by Crippen LogP contribution is -2.38. The Morgan fingerprint density at radius 2 is 1.67 bits per heavy atom. The number of anilines is 1. The van der Waals surface area contributed by atoms with Crippen molar-refractivity contribution in [3.63, 3.8) is 0 Å². The van der Waals surface area contributed by atoms with E-state index in [1.54, 1.807) is 6.07 Å². The van der Waals surface area contributed by atoms with Gasteiger partial charge in [-0.3, -0.25) is 10.1 Å². The highest BCUT2D eigenvalue weighted by atomic mass is 32.2. The Morgan fingerprint density at radius 3 is 2.27 bits per heavy atom. The van der Waals surface area contributed by atoms with Crippen LogP contribution in [0.4, 0.5) is 11.4 Å². The number of hydrogen-bond acceptors (Lipinski definition) is 6. The van der Waals surface area contributed by atoms with Gasteiger partial charge in [-0.2, -0.15) is 4.31 Å². The first-order valence-corrected chi connectivity index (χ1v) is 12.6. The molecule has 8 nitrogen and oxygen atoms in total. The van der Waals surface area contributed by atoms with Gasteiger partial charge in [-0.1, -0.05) is 12.8 Å². The zero-order chi connectivity index (χ0) is 21.1. The predicted octanol–water partition coefficient (Wildman–Crippen LogP) is 3.55. The van der Waals surface area contributed by atoms with Gasteiger partial charge in [0.25, 0.3) is 5.69 Å². The Hall–Kier alpha value is -1.71. The molecular formula is C21H31N3O5S. The zero-order valence-corrected chi connectivity index (χ0v) is 18.2. The monoisotopic (exact) mass is 437 g/mol. The van der Waals surface area contributed by atoms with Crippen LogP contribution < -0.4 is 4.90 Å². The second-order valence-electron chi connectivity index (χ2n) is 8.60. The van der Waals surface area contributed by atoms with Gasteiger partial charge in [0.05, 0.1) is 15.9 Å². The first-order valence-electron chi connectivity index (χ1n) is 11.1. The van der Waals surface area contributed by atoms with E-state index in [1.807, 2.05) is 4.90 Å². The quantitative estimate of drug-likeness (QED) is 0.517. The highest BCUT2D eigenvalue weighted by molar-refractivity contribution is 7.89. The van der Waals surface area contributed by atoms with Gasteiger partial charge in [-0.15, -0.1) is 0 Å². The van der Waals surface area contributed by atoms with Gasteiger partial charge >= 0.3 is 0 Å². The Morgan fingerprint density at radius 1 is 0.967 bits per heavy atom. The van der Waals surface area contributed by atoms with Crippen molar-refractivity contribution in [2.75, 3.05) is 37.7 Å². The summed E-state index contributed by atoms with van der Waals surface area (Å²) in [6.07, 6.45) is 8.13. The highest BCUT2D eigenvalue weighted by Crippen LogP contribution is 2.36. The molecule has 3 heterocycles. The summed E-state index contributed by atoms with van der Waals surface area (Å²) in [5.74, 6) is 0.505. The van der Waals surface area contributed by atoms with Crippen molar-refractivity contribution in [2.45, 2.75) is 62.4 Å². The Kier molecular flexibility index (Phi) is 6.60. The minimum atomic E-state index is -3.71. The van der Waals surface area contributed by atoms with E-state index in [1.165, 1.54) is 16.4 Å². The molecule has 3 fully saturated rings. The van der Waals surface area contributed by atoms with Crippen molar-refractivity contribution in [1.82, 2.24) is 4.31 Å². The van der Waals surface area contributed by atoms with Crippen molar-refractivity contribution in [3.8, 4) is 0 Å². The molecule has 30 heavy (non-hydrogen) atoms. The number of rotatable bonds is 5. The molecule has 3 aliphatic rings. The number of piperidine rings is 1. The van der Waals surface area contributed by atoms with Crippen LogP contribution in [0.15, 0.2) is 23.1 Å². The number of benzene rings is 1. The smallest absolute Gasteiger partial charge is 0.293 e. The molecule has 9 heteroatoms. The van der Waals surface area contributed by atoms with Crippen LogP contribution in [-0.2, 0) is 14.8 Å². The minimum absolute atomic E-state index is 0.0223. The number of nitro groups is 1. The van der Waals surface area contributed by atoms with Gasteiger partial charge in [-0.25, -0.2) is 8.42 Å². The van der Waals surface area contributed by atoms with E-state index in [2.05, 4.69) is 0 Å². The van der Waals surface area contributed by atoms with Crippen LogP contribution in [0.3, 0.4) is 0 Å². The summed E-state index contributed by atoms with van der Waals surface area (Å²) in [5.41, 5.74) is 0.391. The molecule has 0 amide bonds. The molecule has 166 valence electrons. The molecule has 3 saturated heterocycles. The lowest BCUT2D eigenvalue weighted by atomic mass is 9.89. The van der Waals surface area contributed by atoms with E-state index < -0.39 is 14.9 Å². The summed E-state index contributed by atoms with van der Waals surface area (Å²) < 4.78 is 33.4. The molecule has 0 bridgehead atoms. The SMILES string of the molecule is O=[N+]([O-])c1cc(S(=O)(=O)N2CCCCCC2)ccc1N1CCC(C2CCCO2)CC1. The zero-order valence-electron chi connectivity index (χ0n) is 17.4. The summed E-state index contributed by atoms with van der Waals surface area (Å²) in [6.45, 7) is 3.25. The van der Waals surface area contributed by atoms with Gasteiger partial charge in [0.15, 0.2) is 0 Å². The van der Waals surface area contributed by atoms with Crippen molar-refractivity contribution in [3.05, 3.63) is 28.3 Å². The van der Waals surface area contributed by atoms with Crippen LogP contribution in [0.2, 0.25) is 0 Å². The Bertz CT molecular complexity index is 853. The van der Waals surface area contributed by atoms with Gasteiger partial charge in [0, 0.05) is 38.9 Å². The molecule has 0 spiro atoms.